The summed E-state index contributed by atoms with van der Waals surface area (Å²) in [5, 5.41) is 1.23. The van der Waals surface area contributed by atoms with Crippen molar-refractivity contribution in [2.75, 3.05) is 55.7 Å². The van der Waals surface area contributed by atoms with Gasteiger partial charge in [-0.2, -0.15) is 0 Å². The summed E-state index contributed by atoms with van der Waals surface area (Å²) in [7, 11) is 9.12. The number of rotatable bonds is 8. The van der Waals surface area contributed by atoms with Gasteiger partial charge in [-0.1, -0.05) is 0 Å². The van der Waals surface area contributed by atoms with E-state index >= 15 is 0 Å². The van der Waals surface area contributed by atoms with Crippen LogP contribution in [0.15, 0.2) is 30.3 Å². The van der Waals surface area contributed by atoms with Gasteiger partial charge >= 0.3 is 11.9 Å². The molecule has 0 bridgehead atoms. The van der Waals surface area contributed by atoms with Gasteiger partial charge in [0.05, 0.1) is 65.8 Å². The van der Waals surface area contributed by atoms with E-state index in [1.54, 1.807) is 26.4 Å². The van der Waals surface area contributed by atoms with Crippen molar-refractivity contribution in [1.82, 2.24) is 4.98 Å². The molecular formula is C33H41N2O9+. The Balaban J connectivity index is 1.29. The molecular weight excluding hydrogens is 568 g/mol. The number of carbonyl (C=O) groups is 2. The number of esters is 2. The number of aromatic nitrogens is 1. The number of methoxy groups -OCH3 is 6. The summed E-state index contributed by atoms with van der Waals surface area (Å²) in [6.07, 6.45) is 1.04. The average Bonchev–Trinajstić information content (AvgIpc) is 3.43. The maximum absolute atomic E-state index is 13.5. The zero-order valence-electron chi connectivity index (χ0n) is 26.1. The van der Waals surface area contributed by atoms with Crippen molar-refractivity contribution in [3.63, 3.8) is 0 Å². The molecule has 6 rings (SSSR count). The van der Waals surface area contributed by atoms with Crippen LogP contribution < -0.4 is 23.8 Å². The first-order chi connectivity index (χ1) is 21.3. The number of nitrogens with one attached hydrogen (secondary N) is 2. The second kappa shape index (κ2) is 12.2. The molecule has 0 spiro atoms. The number of quaternary nitrogens is 1. The van der Waals surface area contributed by atoms with Crippen molar-refractivity contribution in [1.29, 1.82) is 0 Å². The molecule has 3 aromatic rings. The number of aromatic amines is 1. The molecule has 1 aliphatic carbocycles. The van der Waals surface area contributed by atoms with Gasteiger partial charge in [0.1, 0.15) is 24.0 Å². The number of carbonyl (C=O) groups excluding carboxylic acids is 2. The molecule has 3 heterocycles. The number of piperidine rings is 1. The van der Waals surface area contributed by atoms with Gasteiger partial charge in [0.2, 0.25) is 5.75 Å². The number of ether oxygens (including phenoxy) is 7. The summed E-state index contributed by atoms with van der Waals surface area (Å²) in [4.78, 5) is 32.2. The second-order valence-electron chi connectivity index (χ2n) is 11.8. The third kappa shape index (κ3) is 5.01. The smallest absolute Gasteiger partial charge is 0.338 e. The quantitative estimate of drug-likeness (QED) is 0.372. The van der Waals surface area contributed by atoms with Crippen LogP contribution in [0, 0.1) is 17.8 Å². The summed E-state index contributed by atoms with van der Waals surface area (Å²) < 4.78 is 39.1. The van der Waals surface area contributed by atoms with Crippen molar-refractivity contribution >= 4 is 22.8 Å². The number of hydrogen-bond acceptors (Lipinski definition) is 9. The lowest BCUT2D eigenvalue weighted by Crippen LogP contribution is -3.15. The van der Waals surface area contributed by atoms with Crippen molar-refractivity contribution in [3.8, 4) is 23.0 Å². The van der Waals surface area contributed by atoms with E-state index in [-0.39, 0.29) is 29.4 Å². The van der Waals surface area contributed by atoms with Crippen molar-refractivity contribution < 1.29 is 47.6 Å². The van der Waals surface area contributed by atoms with E-state index in [2.05, 4.69) is 11.1 Å². The van der Waals surface area contributed by atoms with Gasteiger partial charge in [0, 0.05) is 42.8 Å². The highest BCUT2D eigenvalue weighted by molar-refractivity contribution is 5.91. The zero-order valence-corrected chi connectivity index (χ0v) is 26.1. The molecule has 2 fully saturated rings. The average molecular weight is 610 g/mol. The van der Waals surface area contributed by atoms with Crippen molar-refractivity contribution in [2.45, 2.75) is 37.5 Å². The van der Waals surface area contributed by atoms with Crippen LogP contribution in [0.25, 0.3) is 10.9 Å². The van der Waals surface area contributed by atoms with E-state index in [1.165, 1.54) is 50.0 Å². The normalized spacial score (nSPS) is 27.4. The minimum absolute atomic E-state index is 0.00387. The summed E-state index contributed by atoms with van der Waals surface area (Å²) in [6.45, 7) is 1.85. The standard InChI is InChI=1S/C33H40N2O9/c1-38-19-7-8-20-21-9-10-35-16-18-13-27(44-32(36)17-11-25(39-2)30(41-4)26(12-17)40-3)31(42-5)28(33(37)43-6)22(18)15-24(35)29(21)34-23(20)14-19/h7-8,11-12,14,18,22,24,27-28,31,34H,9-10,13,15-16H2,1-6H3/p+1/t18-,22-,24+,27-,28+,31+/m1/s1. The Labute approximate surface area is 256 Å². The van der Waals surface area contributed by atoms with Crippen LogP contribution in [0.3, 0.4) is 0 Å². The Morgan fingerprint density at radius 1 is 0.909 bits per heavy atom. The van der Waals surface area contributed by atoms with Crippen LogP contribution in [-0.2, 0) is 25.4 Å². The summed E-state index contributed by atoms with van der Waals surface area (Å²) in [5.74, 6) is 0.544. The lowest BCUT2D eigenvalue weighted by Gasteiger charge is -2.50. The fraction of sp³-hybridized carbons (Fsp3) is 0.515. The zero-order chi connectivity index (χ0) is 31.1. The van der Waals surface area contributed by atoms with E-state index < -0.39 is 24.1 Å². The third-order valence-electron chi connectivity index (χ3n) is 9.94. The molecule has 0 amide bonds. The van der Waals surface area contributed by atoms with E-state index in [0.717, 1.165) is 37.2 Å². The number of fused-ring (bicyclic) bond motifs is 6. The number of H-pyrrole nitrogens is 1. The minimum Gasteiger partial charge on any atom is -0.497 e. The molecule has 3 aliphatic rings. The van der Waals surface area contributed by atoms with Crippen molar-refractivity contribution in [2.24, 2.45) is 17.8 Å². The first-order valence-electron chi connectivity index (χ1n) is 15.0. The number of hydrogen-bond donors (Lipinski definition) is 2. The molecule has 2 N–H and O–H groups in total. The monoisotopic (exact) mass is 609 g/mol. The molecule has 11 nitrogen and oxygen atoms in total. The van der Waals surface area contributed by atoms with E-state index in [9.17, 15) is 9.59 Å². The van der Waals surface area contributed by atoms with Crippen molar-refractivity contribution in [3.05, 3.63) is 47.2 Å². The van der Waals surface area contributed by atoms with Crippen LogP contribution in [0.2, 0.25) is 0 Å². The Morgan fingerprint density at radius 2 is 1.66 bits per heavy atom. The Hall–Kier alpha value is -3.96. The maximum Gasteiger partial charge on any atom is 0.338 e. The first-order valence-corrected chi connectivity index (χ1v) is 15.0. The molecule has 11 heteroatoms. The molecule has 1 aromatic heterocycles. The molecule has 2 aromatic carbocycles. The van der Waals surface area contributed by atoms with Crippen LogP contribution in [-0.4, -0.2) is 84.9 Å². The minimum atomic E-state index is -0.661. The SMILES string of the molecule is COC(=O)[C@H]1[C@@H]2C[C@H]3c4[nH]c5cc(OC)ccc5c4CC[NH+]3C[C@H]2C[C@@H](OC(=O)c2cc(OC)c(OC)c(OC)c2)[C@@H]1OC. The van der Waals surface area contributed by atoms with Gasteiger partial charge in [0.15, 0.2) is 11.5 Å². The van der Waals surface area contributed by atoms with E-state index in [0.29, 0.717) is 23.7 Å². The van der Waals surface area contributed by atoms with Gasteiger partial charge < -0.3 is 43.0 Å². The molecule has 236 valence electrons. The summed E-state index contributed by atoms with van der Waals surface area (Å²) >= 11 is 0. The predicted octanol–water partition coefficient (Wildman–Crippen LogP) is 2.75. The number of benzene rings is 2. The molecule has 2 aliphatic heterocycles. The maximum atomic E-state index is 13.5. The molecule has 1 unspecified atom stereocenters. The van der Waals surface area contributed by atoms with Crippen LogP contribution in [0.4, 0.5) is 0 Å². The van der Waals surface area contributed by atoms with Gasteiger partial charge in [0.25, 0.3) is 0 Å². The highest BCUT2D eigenvalue weighted by Gasteiger charge is 2.56. The lowest BCUT2D eigenvalue weighted by molar-refractivity contribution is -0.945. The van der Waals surface area contributed by atoms with Crippen LogP contribution >= 0.6 is 0 Å². The topological polar surface area (TPSA) is 119 Å². The fourth-order valence-electron chi connectivity index (χ4n) is 7.96. The Bertz CT molecular complexity index is 1530. The van der Waals surface area contributed by atoms with E-state index in [1.807, 2.05) is 12.1 Å². The molecule has 7 atom stereocenters. The molecule has 1 saturated heterocycles. The van der Waals surface area contributed by atoms with Crippen LogP contribution in [0.1, 0.15) is 40.5 Å². The summed E-state index contributed by atoms with van der Waals surface area (Å²) in [5.41, 5.74) is 3.90. The van der Waals surface area contributed by atoms with Gasteiger partial charge in [-0.15, -0.1) is 0 Å². The highest BCUT2D eigenvalue weighted by atomic mass is 16.6. The summed E-state index contributed by atoms with van der Waals surface area (Å²) in [6, 6.07) is 9.51. The van der Waals surface area contributed by atoms with E-state index in [4.69, 9.17) is 33.2 Å². The van der Waals surface area contributed by atoms with Crippen LogP contribution in [0.5, 0.6) is 23.0 Å². The molecule has 44 heavy (non-hydrogen) atoms. The van der Waals surface area contributed by atoms with Gasteiger partial charge in [-0.25, -0.2) is 4.79 Å². The first kappa shape index (κ1) is 30.1. The fourth-order valence-corrected chi connectivity index (χ4v) is 7.96. The molecule has 1 saturated carbocycles. The second-order valence-corrected chi connectivity index (χ2v) is 11.8. The van der Waals surface area contributed by atoms with Gasteiger partial charge in [-0.3, -0.25) is 4.79 Å². The Morgan fingerprint density at radius 3 is 2.30 bits per heavy atom. The largest absolute Gasteiger partial charge is 0.497 e. The van der Waals surface area contributed by atoms with Gasteiger partial charge in [-0.05, 0) is 42.2 Å². The predicted molar refractivity (Wildman–Crippen MR) is 160 cm³/mol. The third-order valence-corrected chi connectivity index (χ3v) is 9.94. The lowest BCUT2D eigenvalue weighted by atomic mass is 9.63. The highest BCUT2D eigenvalue weighted by Crippen LogP contribution is 2.46. The molecule has 0 radical (unpaired) electrons. The Kier molecular flexibility index (Phi) is 8.34.